The zero-order valence-electron chi connectivity index (χ0n) is 19.2. The van der Waals surface area contributed by atoms with Gasteiger partial charge in [-0.1, -0.05) is 65.7 Å². The summed E-state index contributed by atoms with van der Waals surface area (Å²) in [7, 11) is 1.67. The van der Waals surface area contributed by atoms with Gasteiger partial charge in [0.2, 0.25) is 0 Å². The number of carbonyl (C=O) groups is 1. The Morgan fingerprint density at radius 3 is 2.20 bits per heavy atom. The number of nitrogens with zero attached hydrogens (tertiary/aromatic N) is 2. The molecule has 174 valence electrons. The van der Waals surface area contributed by atoms with Crippen molar-refractivity contribution in [2.24, 2.45) is 0 Å². The van der Waals surface area contributed by atoms with Crippen molar-refractivity contribution >= 4 is 40.3 Å². The van der Waals surface area contributed by atoms with Crippen LogP contribution in [0.15, 0.2) is 84.9 Å². The predicted octanol–water partition coefficient (Wildman–Crippen LogP) is 8.11. The van der Waals surface area contributed by atoms with Crippen LogP contribution in [0.3, 0.4) is 0 Å². The van der Waals surface area contributed by atoms with E-state index in [0.717, 1.165) is 50.9 Å². The van der Waals surface area contributed by atoms with Crippen LogP contribution in [0.1, 0.15) is 28.9 Å². The minimum Gasteiger partial charge on any atom is -0.497 e. The molecule has 35 heavy (non-hydrogen) atoms. The molecule has 1 unspecified atom stereocenters. The molecule has 4 nitrogen and oxygen atoms in total. The molecule has 5 rings (SSSR count). The van der Waals surface area contributed by atoms with Gasteiger partial charge in [0, 0.05) is 26.7 Å². The molecule has 0 bridgehead atoms. The highest BCUT2D eigenvalue weighted by Crippen LogP contribution is 2.34. The van der Waals surface area contributed by atoms with Crippen LogP contribution in [0.4, 0.5) is 0 Å². The number of aldehydes is 1. The lowest BCUT2D eigenvalue weighted by Crippen LogP contribution is -2.10. The van der Waals surface area contributed by atoms with Crippen molar-refractivity contribution in [1.29, 1.82) is 0 Å². The Kier molecular flexibility index (Phi) is 6.33. The van der Waals surface area contributed by atoms with Crippen LogP contribution in [-0.2, 0) is 0 Å². The van der Waals surface area contributed by atoms with Crippen LogP contribution in [-0.4, -0.2) is 23.2 Å². The molecule has 5 aromatic rings. The minimum atomic E-state index is -0.0827. The average Bonchev–Trinajstić information content (AvgIpc) is 3.33. The molecular weight excluding hydrogens is 479 g/mol. The van der Waals surface area contributed by atoms with Gasteiger partial charge in [-0.15, -0.1) is 0 Å². The van der Waals surface area contributed by atoms with Gasteiger partial charge in [-0.2, -0.15) is 5.10 Å². The maximum Gasteiger partial charge on any atom is 0.150 e. The quantitative estimate of drug-likeness (QED) is 0.221. The third-order valence-electron chi connectivity index (χ3n) is 6.16. The van der Waals surface area contributed by atoms with E-state index in [4.69, 9.17) is 33.0 Å². The molecule has 0 aliphatic rings. The lowest BCUT2D eigenvalue weighted by molar-refractivity contribution is 0.112. The molecule has 1 heterocycles. The van der Waals surface area contributed by atoms with Gasteiger partial charge in [-0.25, -0.2) is 0 Å². The Bertz CT molecular complexity index is 1520. The maximum atomic E-state index is 11.1. The fourth-order valence-electron chi connectivity index (χ4n) is 4.25. The van der Waals surface area contributed by atoms with Crippen LogP contribution in [0, 0.1) is 0 Å². The minimum absolute atomic E-state index is 0.0827. The normalized spacial score (nSPS) is 12.0. The summed E-state index contributed by atoms with van der Waals surface area (Å²) in [4.78, 5) is 11.1. The Hall–Kier alpha value is -3.60. The number of fused-ring (bicyclic) bond motifs is 1. The molecule has 0 spiro atoms. The first-order valence-electron chi connectivity index (χ1n) is 11.1. The molecular formula is C29H22Cl2N2O2. The highest BCUT2D eigenvalue weighted by Gasteiger charge is 2.18. The Labute approximate surface area is 213 Å². The fraction of sp³-hybridized carbons (Fsp3) is 0.103. The average molecular weight is 501 g/mol. The lowest BCUT2D eigenvalue weighted by Gasteiger charge is -2.17. The summed E-state index contributed by atoms with van der Waals surface area (Å²) in [6, 6.07) is 27.3. The van der Waals surface area contributed by atoms with Gasteiger partial charge in [0.15, 0.2) is 0 Å². The van der Waals surface area contributed by atoms with Gasteiger partial charge in [-0.3, -0.25) is 9.48 Å². The van der Waals surface area contributed by atoms with E-state index >= 15 is 0 Å². The fourth-order valence-corrected chi connectivity index (χ4v) is 4.78. The summed E-state index contributed by atoms with van der Waals surface area (Å²) in [5.41, 5.74) is 5.29. The summed E-state index contributed by atoms with van der Waals surface area (Å²) in [5, 5.41) is 8.29. The first-order chi connectivity index (χ1) is 16.9. The Balaban J connectivity index is 1.66. The summed E-state index contributed by atoms with van der Waals surface area (Å²) >= 11 is 12.6. The molecule has 0 radical (unpaired) electrons. The molecule has 6 heteroatoms. The second-order valence-electron chi connectivity index (χ2n) is 8.41. The molecule has 1 atom stereocenters. The molecule has 0 amide bonds. The van der Waals surface area contributed by atoms with Gasteiger partial charge >= 0.3 is 0 Å². The van der Waals surface area contributed by atoms with Crippen molar-refractivity contribution in [2.75, 3.05) is 7.11 Å². The monoisotopic (exact) mass is 500 g/mol. The SMILES string of the molecule is COc1ccc2cc(-c3cc(-c4cc(Cl)cc(Cl)c4)nn3C(C)c3ccc(C=O)cc3)ccc2c1. The molecule has 0 saturated heterocycles. The highest BCUT2D eigenvalue weighted by molar-refractivity contribution is 6.35. The van der Waals surface area contributed by atoms with E-state index in [0.29, 0.717) is 15.6 Å². The number of halogens is 2. The maximum absolute atomic E-state index is 11.1. The van der Waals surface area contributed by atoms with Gasteiger partial charge in [0.25, 0.3) is 0 Å². The topological polar surface area (TPSA) is 44.1 Å². The van der Waals surface area contributed by atoms with Gasteiger partial charge in [0.05, 0.1) is 24.5 Å². The summed E-state index contributed by atoms with van der Waals surface area (Å²) in [6.45, 7) is 2.09. The molecule has 0 saturated carbocycles. The Morgan fingerprint density at radius 2 is 1.51 bits per heavy atom. The van der Waals surface area contributed by atoms with E-state index in [1.165, 1.54) is 0 Å². The van der Waals surface area contributed by atoms with Crippen molar-refractivity contribution in [1.82, 2.24) is 9.78 Å². The predicted molar refractivity (Wildman–Crippen MR) is 143 cm³/mol. The number of methoxy groups -OCH3 is 1. The summed E-state index contributed by atoms with van der Waals surface area (Å²) in [6.07, 6.45) is 0.846. The summed E-state index contributed by atoms with van der Waals surface area (Å²) < 4.78 is 7.37. The molecule has 0 aliphatic carbocycles. The van der Waals surface area contributed by atoms with E-state index in [1.54, 1.807) is 13.2 Å². The molecule has 0 fully saturated rings. The molecule has 0 N–H and O–H groups in total. The van der Waals surface area contributed by atoms with E-state index in [-0.39, 0.29) is 6.04 Å². The second kappa shape index (κ2) is 9.57. The number of rotatable bonds is 6. The van der Waals surface area contributed by atoms with Crippen molar-refractivity contribution < 1.29 is 9.53 Å². The Morgan fingerprint density at radius 1 is 0.829 bits per heavy atom. The molecule has 0 aliphatic heterocycles. The number of hydrogen-bond acceptors (Lipinski definition) is 3. The standard InChI is InChI=1S/C29H22Cl2N2O2/c1-18(20-5-3-19(17-34)4-6-20)33-29(16-28(32-33)24-12-25(30)15-26(31)13-24)23-8-7-22-14-27(35-2)10-9-21(22)11-23/h3-18H,1-2H3. The van der Waals surface area contributed by atoms with Gasteiger partial charge in [-0.05, 0) is 65.7 Å². The lowest BCUT2D eigenvalue weighted by atomic mass is 10.0. The zero-order valence-corrected chi connectivity index (χ0v) is 20.7. The van der Waals surface area contributed by atoms with Crippen LogP contribution in [0.2, 0.25) is 10.0 Å². The van der Waals surface area contributed by atoms with Gasteiger partial charge in [0.1, 0.15) is 12.0 Å². The van der Waals surface area contributed by atoms with E-state index in [2.05, 4.69) is 37.3 Å². The first-order valence-corrected chi connectivity index (χ1v) is 11.9. The molecule has 4 aromatic carbocycles. The zero-order chi connectivity index (χ0) is 24.5. The van der Waals surface area contributed by atoms with Crippen LogP contribution in [0.5, 0.6) is 5.75 Å². The van der Waals surface area contributed by atoms with Gasteiger partial charge < -0.3 is 4.74 Å². The van der Waals surface area contributed by atoms with E-state index < -0.39 is 0 Å². The third kappa shape index (κ3) is 4.68. The van der Waals surface area contributed by atoms with Crippen LogP contribution >= 0.6 is 23.2 Å². The van der Waals surface area contributed by atoms with Crippen molar-refractivity contribution in [3.63, 3.8) is 0 Å². The largest absolute Gasteiger partial charge is 0.497 e. The van der Waals surface area contributed by atoms with E-state index in [9.17, 15) is 4.79 Å². The van der Waals surface area contributed by atoms with E-state index in [1.807, 2.05) is 53.2 Å². The van der Waals surface area contributed by atoms with Crippen LogP contribution in [0.25, 0.3) is 33.3 Å². The number of hydrogen-bond donors (Lipinski definition) is 0. The summed E-state index contributed by atoms with van der Waals surface area (Å²) in [5.74, 6) is 0.822. The van der Waals surface area contributed by atoms with Crippen molar-refractivity contribution in [3.05, 3.63) is 106 Å². The third-order valence-corrected chi connectivity index (χ3v) is 6.60. The highest BCUT2D eigenvalue weighted by atomic mass is 35.5. The number of benzene rings is 4. The number of aromatic nitrogens is 2. The first kappa shape index (κ1) is 23.2. The smallest absolute Gasteiger partial charge is 0.150 e. The second-order valence-corrected chi connectivity index (χ2v) is 9.28. The van der Waals surface area contributed by atoms with Crippen molar-refractivity contribution in [3.8, 4) is 28.3 Å². The van der Waals surface area contributed by atoms with Crippen LogP contribution < -0.4 is 4.74 Å². The van der Waals surface area contributed by atoms with Crippen molar-refractivity contribution in [2.45, 2.75) is 13.0 Å². The molecule has 1 aromatic heterocycles. The number of carbonyl (C=O) groups excluding carboxylic acids is 1. The number of ether oxygens (including phenoxy) is 1.